The van der Waals surface area contributed by atoms with Crippen molar-refractivity contribution in [2.75, 3.05) is 26.2 Å². The zero-order chi connectivity index (χ0) is 15.2. The second-order valence-corrected chi connectivity index (χ2v) is 6.86. The Morgan fingerprint density at radius 3 is 2.64 bits per heavy atom. The largest absolute Gasteiger partial charge is 0.377 e. The summed E-state index contributed by atoms with van der Waals surface area (Å²) >= 11 is 0. The smallest absolute Gasteiger partial charge is 0.0726 e. The number of nitrogens with zero attached hydrogens (tertiary/aromatic N) is 1. The lowest BCUT2D eigenvalue weighted by Crippen LogP contribution is -2.48. The van der Waals surface area contributed by atoms with E-state index in [9.17, 15) is 0 Å². The van der Waals surface area contributed by atoms with Gasteiger partial charge in [-0.15, -0.1) is 0 Å². The SMILES string of the molecule is CC(NC1CCN(CCc2ccccc2)CC1)C1CCCO1. The summed E-state index contributed by atoms with van der Waals surface area (Å²) in [6.45, 7) is 6.88. The molecule has 2 aliphatic rings. The molecule has 3 heteroatoms. The lowest BCUT2D eigenvalue weighted by atomic mass is 10.0. The zero-order valence-corrected chi connectivity index (χ0v) is 13.8. The molecule has 1 aromatic carbocycles. The van der Waals surface area contributed by atoms with Crippen molar-refractivity contribution in [1.29, 1.82) is 0 Å². The molecule has 0 amide bonds. The van der Waals surface area contributed by atoms with Gasteiger partial charge in [0.15, 0.2) is 0 Å². The average molecular weight is 302 g/mol. The molecule has 2 saturated heterocycles. The number of nitrogens with one attached hydrogen (secondary N) is 1. The number of likely N-dealkylation sites (tertiary alicyclic amines) is 1. The highest BCUT2D eigenvalue weighted by Gasteiger charge is 2.26. The number of hydrogen-bond acceptors (Lipinski definition) is 3. The minimum atomic E-state index is 0.441. The van der Waals surface area contributed by atoms with Gasteiger partial charge in [-0.2, -0.15) is 0 Å². The van der Waals surface area contributed by atoms with Gasteiger partial charge in [0.1, 0.15) is 0 Å². The van der Waals surface area contributed by atoms with Crippen LogP contribution in [0, 0.1) is 0 Å². The molecule has 0 bridgehead atoms. The van der Waals surface area contributed by atoms with Crippen LogP contribution in [-0.2, 0) is 11.2 Å². The van der Waals surface area contributed by atoms with Gasteiger partial charge in [-0.1, -0.05) is 30.3 Å². The molecule has 2 fully saturated rings. The van der Waals surface area contributed by atoms with Crippen LogP contribution >= 0.6 is 0 Å². The van der Waals surface area contributed by atoms with Gasteiger partial charge in [0.05, 0.1) is 6.10 Å². The van der Waals surface area contributed by atoms with Crippen molar-refractivity contribution in [3.63, 3.8) is 0 Å². The Bertz CT molecular complexity index is 422. The first kappa shape index (κ1) is 16.0. The van der Waals surface area contributed by atoms with Crippen molar-refractivity contribution in [1.82, 2.24) is 10.2 Å². The second kappa shape index (κ2) is 8.09. The molecule has 0 aromatic heterocycles. The third kappa shape index (κ3) is 4.55. The van der Waals surface area contributed by atoms with Crippen LogP contribution in [0.4, 0.5) is 0 Å². The molecule has 2 heterocycles. The fourth-order valence-electron chi connectivity index (χ4n) is 3.73. The van der Waals surface area contributed by atoms with Crippen molar-refractivity contribution in [2.24, 2.45) is 0 Å². The molecule has 2 unspecified atom stereocenters. The second-order valence-electron chi connectivity index (χ2n) is 6.86. The Labute approximate surface area is 135 Å². The highest BCUT2D eigenvalue weighted by Crippen LogP contribution is 2.18. The molecule has 0 aliphatic carbocycles. The third-order valence-corrected chi connectivity index (χ3v) is 5.17. The first-order valence-corrected chi connectivity index (χ1v) is 8.95. The van der Waals surface area contributed by atoms with Gasteiger partial charge in [-0.25, -0.2) is 0 Å². The molecule has 1 aromatic rings. The van der Waals surface area contributed by atoms with E-state index in [1.165, 1.54) is 57.3 Å². The van der Waals surface area contributed by atoms with E-state index in [4.69, 9.17) is 4.74 Å². The summed E-state index contributed by atoms with van der Waals surface area (Å²) in [7, 11) is 0. The normalized spacial score (nSPS) is 25.4. The van der Waals surface area contributed by atoms with Crippen molar-refractivity contribution in [3.05, 3.63) is 35.9 Å². The Kier molecular flexibility index (Phi) is 5.88. The number of rotatable bonds is 6. The summed E-state index contributed by atoms with van der Waals surface area (Å²) < 4.78 is 5.79. The van der Waals surface area contributed by atoms with E-state index in [-0.39, 0.29) is 0 Å². The van der Waals surface area contributed by atoms with Gasteiger partial charge < -0.3 is 15.0 Å². The standard InChI is InChI=1S/C19H30N2O/c1-16(19-8-5-15-22-19)20-18-10-13-21(14-11-18)12-9-17-6-3-2-4-7-17/h2-4,6-7,16,18-20H,5,8-15H2,1H3. The minimum absolute atomic E-state index is 0.441. The van der Waals surface area contributed by atoms with E-state index < -0.39 is 0 Å². The van der Waals surface area contributed by atoms with E-state index in [2.05, 4.69) is 47.5 Å². The Morgan fingerprint density at radius 1 is 1.18 bits per heavy atom. The quantitative estimate of drug-likeness (QED) is 0.874. The Balaban J connectivity index is 1.35. The molecule has 122 valence electrons. The van der Waals surface area contributed by atoms with Gasteiger partial charge in [0.25, 0.3) is 0 Å². The monoisotopic (exact) mass is 302 g/mol. The van der Waals surface area contributed by atoms with Crippen LogP contribution in [0.3, 0.4) is 0 Å². The van der Waals surface area contributed by atoms with Crippen molar-refractivity contribution >= 4 is 0 Å². The fourth-order valence-corrected chi connectivity index (χ4v) is 3.73. The predicted molar refractivity (Wildman–Crippen MR) is 91.2 cm³/mol. The maximum atomic E-state index is 5.79. The van der Waals surface area contributed by atoms with Crippen molar-refractivity contribution in [3.8, 4) is 0 Å². The van der Waals surface area contributed by atoms with Crippen molar-refractivity contribution in [2.45, 2.75) is 57.2 Å². The third-order valence-electron chi connectivity index (χ3n) is 5.17. The molecule has 1 N–H and O–H groups in total. The molecule has 0 saturated carbocycles. The van der Waals surface area contributed by atoms with E-state index in [0.717, 1.165) is 6.61 Å². The summed E-state index contributed by atoms with van der Waals surface area (Å²) in [4.78, 5) is 2.61. The summed E-state index contributed by atoms with van der Waals surface area (Å²) in [6.07, 6.45) is 6.61. The lowest BCUT2D eigenvalue weighted by Gasteiger charge is -2.35. The topological polar surface area (TPSA) is 24.5 Å². The number of ether oxygens (including phenoxy) is 1. The maximum Gasteiger partial charge on any atom is 0.0726 e. The van der Waals surface area contributed by atoms with E-state index in [0.29, 0.717) is 18.2 Å². The lowest BCUT2D eigenvalue weighted by molar-refractivity contribution is 0.0742. The van der Waals surface area contributed by atoms with Crippen LogP contribution in [0.15, 0.2) is 30.3 Å². The summed E-state index contributed by atoms with van der Waals surface area (Å²) in [5.41, 5.74) is 1.45. The molecular weight excluding hydrogens is 272 g/mol. The first-order valence-electron chi connectivity index (χ1n) is 8.95. The predicted octanol–water partition coefficient (Wildman–Crippen LogP) is 2.85. The molecule has 2 atom stereocenters. The van der Waals surface area contributed by atoms with Gasteiger partial charge in [-0.3, -0.25) is 0 Å². The molecule has 0 radical (unpaired) electrons. The van der Waals surface area contributed by atoms with Crippen LogP contribution in [0.1, 0.15) is 38.2 Å². The highest BCUT2D eigenvalue weighted by molar-refractivity contribution is 5.14. The molecular formula is C19H30N2O. The highest BCUT2D eigenvalue weighted by atomic mass is 16.5. The van der Waals surface area contributed by atoms with Crippen LogP contribution in [-0.4, -0.2) is 49.3 Å². The van der Waals surface area contributed by atoms with Gasteiger partial charge >= 0.3 is 0 Å². The number of benzene rings is 1. The molecule has 3 nitrogen and oxygen atoms in total. The number of hydrogen-bond donors (Lipinski definition) is 1. The minimum Gasteiger partial charge on any atom is -0.377 e. The van der Waals surface area contributed by atoms with Gasteiger partial charge in [-0.05, 0) is 57.7 Å². The average Bonchev–Trinajstić information content (AvgIpc) is 3.10. The van der Waals surface area contributed by atoms with E-state index >= 15 is 0 Å². The maximum absolute atomic E-state index is 5.79. The van der Waals surface area contributed by atoms with Crippen LogP contribution in [0.2, 0.25) is 0 Å². The Morgan fingerprint density at radius 2 is 1.95 bits per heavy atom. The number of piperidine rings is 1. The van der Waals surface area contributed by atoms with Gasteiger partial charge in [0, 0.05) is 25.2 Å². The van der Waals surface area contributed by atoms with Crippen LogP contribution in [0.5, 0.6) is 0 Å². The summed E-state index contributed by atoms with van der Waals surface area (Å²) in [6, 6.07) is 12.0. The van der Waals surface area contributed by atoms with Crippen LogP contribution in [0.25, 0.3) is 0 Å². The molecule has 3 rings (SSSR count). The zero-order valence-electron chi connectivity index (χ0n) is 13.8. The fraction of sp³-hybridized carbons (Fsp3) is 0.684. The molecule has 0 spiro atoms. The van der Waals surface area contributed by atoms with E-state index in [1.54, 1.807) is 0 Å². The summed E-state index contributed by atoms with van der Waals surface area (Å²) in [5, 5.41) is 3.80. The first-order chi connectivity index (χ1) is 10.8. The van der Waals surface area contributed by atoms with Crippen LogP contribution < -0.4 is 5.32 Å². The van der Waals surface area contributed by atoms with Crippen molar-refractivity contribution < 1.29 is 4.74 Å². The Hall–Kier alpha value is -0.900. The summed E-state index contributed by atoms with van der Waals surface area (Å²) in [5.74, 6) is 0. The molecule has 2 aliphatic heterocycles. The van der Waals surface area contributed by atoms with Gasteiger partial charge in [0.2, 0.25) is 0 Å². The molecule has 22 heavy (non-hydrogen) atoms. The van der Waals surface area contributed by atoms with E-state index in [1.807, 2.05) is 0 Å².